The number of piperidine rings is 1. The molecular weight excluding hydrogens is 342 g/mol. The van der Waals surface area contributed by atoms with Crippen LogP contribution < -0.4 is 10.6 Å². The SMILES string of the molecule is CCC(=O)Nc1cc(C(=O)NCCN2CCCCC2)nn1-c1ccccc1. The molecule has 0 aliphatic carbocycles. The van der Waals surface area contributed by atoms with E-state index in [9.17, 15) is 9.59 Å². The van der Waals surface area contributed by atoms with E-state index in [0.717, 1.165) is 25.3 Å². The van der Waals surface area contributed by atoms with Crippen molar-refractivity contribution in [1.29, 1.82) is 0 Å². The first kappa shape index (κ1) is 19.1. The minimum Gasteiger partial charge on any atom is -0.349 e. The largest absolute Gasteiger partial charge is 0.349 e. The quantitative estimate of drug-likeness (QED) is 0.786. The summed E-state index contributed by atoms with van der Waals surface area (Å²) < 4.78 is 1.59. The highest BCUT2D eigenvalue weighted by atomic mass is 16.2. The summed E-state index contributed by atoms with van der Waals surface area (Å²) in [6.07, 6.45) is 4.12. The molecule has 1 aliphatic rings. The molecule has 7 nitrogen and oxygen atoms in total. The van der Waals surface area contributed by atoms with Crippen molar-refractivity contribution in [3.8, 4) is 5.69 Å². The summed E-state index contributed by atoms with van der Waals surface area (Å²) in [4.78, 5) is 26.7. The molecule has 1 saturated heterocycles. The Morgan fingerprint density at radius 2 is 1.85 bits per heavy atom. The van der Waals surface area contributed by atoms with Crippen LogP contribution in [-0.2, 0) is 4.79 Å². The lowest BCUT2D eigenvalue weighted by Crippen LogP contribution is -2.37. The smallest absolute Gasteiger partial charge is 0.271 e. The fraction of sp³-hybridized carbons (Fsp3) is 0.450. The van der Waals surface area contributed by atoms with Crippen molar-refractivity contribution < 1.29 is 9.59 Å². The molecule has 0 radical (unpaired) electrons. The van der Waals surface area contributed by atoms with Gasteiger partial charge in [0, 0.05) is 25.6 Å². The van der Waals surface area contributed by atoms with E-state index in [2.05, 4.69) is 20.6 Å². The summed E-state index contributed by atoms with van der Waals surface area (Å²) in [5.41, 5.74) is 1.08. The Kier molecular flexibility index (Phi) is 6.59. The molecule has 144 valence electrons. The van der Waals surface area contributed by atoms with Gasteiger partial charge < -0.3 is 15.5 Å². The van der Waals surface area contributed by atoms with Crippen molar-refractivity contribution in [2.75, 3.05) is 31.5 Å². The second kappa shape index (κ2) is 9.32. The molecule has 2 amide bonds. The Hall–Kier alpha value is -2.67. The van der Waals surface area contributed by atoms with E-state index < -0.39 is 0 Å². The number of likely N-dealkylation sites (tertiary alicyclic amines) is 1. The van der Waals surface area contributed by atoms with Crippen molar-refractivity contribution in [3.05, 3.63) is 42.1 Å². The summed E-state index contributed by atoms with van der Waals surface area (Å²) in [6, 6.07) is 11.1. The zero-order chi connectivity index (χ0) is 19.1. The van der Waals surface area contributed by atoms with Gasteiger partial charge in [0.15, 0.2) is 5.69 Å². The summed E-state index contributed by atoms with van der Waals surface area (Å²) in [7, 11) is 0. The van der Waals surface area contributed by atoms with Crippen LogP contribution in [0, 0.1) is 0 Å². The molecule has 0 atom stereocenters. The van der Waals surface area contributed by atoms with Crippen molar-refractivity contribution >= 4 is 17.6 Å². The van der Waals surface area contributed by atoms with Crippen LogP contribution in [0.2, 0.25) is 0 Å². The molecule has 1 aliphatic heterocycles. The fourth-order valence-corrected chi connectivity index (χ4v) is 3.18. The van der Waals surface area contributed by atoms with E-state index in [0.29, 0.717) is 24.5 Å². The number of carbonyl (C=O) groups excluding carboxylic acids is 2. The van der Waals surface area contributed by atoms with Gasteiger partial charge in [-0.2, -0.15) is 5.10 Å². The summed E-state index contributed by atoms with van der Waals surface area (Å²) >= 11 is 0. The molecule has 3 rings (SSSR count). The molecule has 0 spiro atoms. The molecule has 0 bridgehead atoms. The Labute approximate surface area is 159 Å². The molecule has 0 saturated carbocycles. The topological polar surface area (TPSA) is 79.3 Å². The third-order valence-electron chi connectivity index (χ3n) is 4.69. The molecule has 0 unspecified atom stereocenters. The van der Waals surface area contributed by atoms with Gasteiger partial charge in [-0.1, -0.05) is 31.5 Å². The average molecular weight is 369 g/mol. The Balaban J connectivity index is 1.68. The van der Waals surface area contributed by atoms with E-state index in [1.54, 1.807) is 17.7 Å². The maximum absolute atomic E-state index is 12.5. The second-order valence-corrected chi connectivity index (χ2v) is 6.72. The number of para-hydroxylation sites is 1. The van der Waals surface area contributed by atoms with E-state index in [4.69, 9.17) is 0 Å². The lowest BCUT2D eigenvalue weighted by Gasteiger charge is -2.26. The number of carbonyl (C=O) groups is 2. The average Bonchev–Trinajstić information content (AvgIpc) is 3.13. The van der Waals surface area contributed by atoms with Gasteiger partial charge >= 0.3 is 0 Å². The van der Waals surface area contributed by atoms with Crippen molar-refractivity contribution in [1.82, 2.24) is 20.0 Å². The van der Waals surface area contributed by atoms with E-state index in [-0.39, 0.29) is 11.8 Å². The van der Waals surface area contributed by atoms with Crippen LogP contribution in [-0.4, -0.2) is 52.7 Å². The number of rotatable bonds is 7. The number of amides is 2. The standard InChI is InChI=1S/C20H27N5O2/c1-2-19(26)22-18-15-17(23-25(18)16-9-5-3-6-10-16)20(27)21-11-14-24-12-7-4-8-13-24/h3,5-6,9-10,15H,2,4,7-8,11-14H2,1H3,(H,21,27)(H,22,26). The first-order valence-electron chi connectivity index (χ1n) is 9.63. The molecule has 2 heterocycles. The van der Waals surface area contributed by atoms with Crippen molar-refractivity contribution in [2.24, 2.45) is 0 Å². The summed E-state index contributed by atoms with van der Waals surface area (Å²) in [5.74, 6) is 0.145. The van der Waals surface area contributed by atoms with E-state index >= 15 is 0 Å². The lowest BCUT2D eigenvalue weighted by atomic mass is 10.1. The number of anilines is 1. The van der Waals surface area contributed by atoms with Crippen LogP contribution in [0.5, 0.6) is 0 Å². The van der Waals surface area contributed by atoms with Gasteiger partial charge in [0.1, 0.15) is 5.82 Å². The number of nitrogens with one attached hydrogen (secondary N) is 2. The molecule has 27 heavy (non-hydrogen) atoms. The number of nitrogens with zero attached hydrogens (tertiary/aromatic N) is 3. The molecule has 1 aromatic heterocycles. The predicted molar refractivity (Wildman–Crippen MR) is 105 cm³/mol. The molecular formula is C20H27N5O2. The fourth-order valence-electron chi connectivity index (χ4n) is 3.18. The van der Waals surface area contributed by atoms with Gasteiger partial charge in [0.25, 0.3) is 5.91 Å². The Morgan fingerprint density at radius 1 is 1.11 bits per heavy atom. The first-order valence-corrected chi connectivity index (χ1v) is 9.63. The highest BCUT2D eigenvalue weighted by Gasteiger charge is 2.17. The van der Waals surface area contributed by atoms with Gasteiger partial charge in [0.2, 0.25) is 5.91 Å². The molecule has 1 fully saturated rings. The zero-order valence-electron chi connectivity index (χ0n) is 15.8. The third kappa shape index (κ3) is 5.17. The van der Waals surface area contributed by atoms with Crippen molar-refractivity contribution in [2.45, 2.75) is 32.6 Å². The van der Waals surface area contributed by atoms with Gasteiger partial charge in [-0.05, 0) is 38.1 Å². The summed E-state index contributed by atoms with van der Waals surface area (Å²) in [6.45, 7) is 5.43. The maximum Gasteiger partial charge on any atom is 0.271 e. The normalized spacial score (nSPS) is 14.7. The Bertz CT molecular complexity index is 766. The zero-order valence-corrected chi connectivity index (χ0v) is 15.8. The molecule has 7 heteroatoms. The highest BCUT2D eigenvalue weighted by molar-refractivity contribution is 5.95. The van der Waals surface area contributed by atoms with Crippen LogP contribution in [0.4, 0.5) is 5.82 Å². The van der Waals surface area contributed by atoms with Crippen LogP contribution in [0.1, 0.15) is 43.1 Å². The van der Waals surface area contributed by atoms with Crippen LogP contribution in [0.3, 0.4) is 0 Å². The Morgan fingerprint density at radius 3 is 2.56 bits per heavy atom. The van der Waals surface area contributed by atoms with Gasteiger partial charge in [-0.25, -0.2) is 4.68 Å². The summed E-state index contributed by atoms with van der Waals surface area (Å²) in [5, 5.41) is 10.2. The minimum atomic E-state index is -0.228. The molecule has 2 N–H and O–H groups in total. The van der Waals surface area contributed by atoms with Gasteiger partial charge in [-0.3, -0.25) is 9.59 Å². The second-order valence-electron chi connectivity index (χ2n) is 6.72. The molecule has 1 aromatic carbocycles. The van der Waals surface area contributed by atoms with E-state index in [1.165, 1.54) is 19.3 Å². The predicted octanol–water partition coefficient (Wildman–Crippen LogP) is 2.44. The van der Waals surface area contributed by atoms with E-state index in [1.807, 2.05) is 30.3 Å². The first-order chi connectivity index (χ1) is 13.2. The number of benzene rings is 1. The van der Waals surface area contributed by atoms with Gasteiger partial charge in [-0.15, -0.1) is 0 Å². The lowest BCUT2D eigenvalue weighted by molar-refractivity contribution is -0.115. The number of aromatic nitrogens is 2. The third-order valence-corrected chi connectivity index (χ3v) is 4.69. The van der Waals surface area contributed by atoms with Crippen LogP contribution in [0.15, 0.2) is 36.4 Å². The molecule has 2 aromatic rings. The van der Waals surface area contributed by atoms with Crippen LogP contribution >= 0.6 is 0 Å². The monoisotopic (exact) mass is 369 g/mol. The van der Waals surface area contributed by atoms with Gasteiger partial charge in [0.05, 0.1) is 5.69 Å². The van der Waals surface area contributed by atoms with Crippen LogP contribution in [0.25, 0.3) is 5.69 Å². The number of hydrogen-bond acceptors (Lipinski definition) is 4. The number of hydrogen-bond donors (Lipinski definition) is 2. The highest BCUT2D eigenvalue weighted by Crippen LogP contribution is 2.17. The minimum absolute atomic E-state index is 0.121. The van der Waals surface area contributed by atoms with Crippen molar-refractivity contribution in [3.63, 3.8) is 0 Å². The maximum atomic E-state index is 12.5.